The molecular weight excluding hydrogens is 328 g/mol. The molecule has 1 saturated carbocycles. The third kappa shape index (κ3) is 3.62. The fourth-order valence-corrected chi connectivity index (χ4v) is 4.88. The standard InChI is InChI=1S/C20H30N4O2/c1-23-9-6-17(13-26-12-16-4-2-3-5-16)10-20(23)14-24(15-20)19(25)18-11-21-7-8-22-18/h7-8,11,16-17H,2-6,9-10,12-15H2,1H3/t17-/m0/s1. The van der Waals surface area contributed by atoms with Crippen LogP contribution in [-0.2, 0) is 4.74 Å². The van der Waals surface area contributed by atoms with E-state index in [0.717, 1.165) is 45.2 Å². The SMILES string of the molecule is CN1CC[C@H](COCC2CCCC2)CC12CN(C(=O)c1cnccn1)C2. The number of rotatable bonds is 5. The summed E-state index contributed by atoms with van der Waals surface area (Å²) >= 11 is 0. The monoisotopic (exact) mass is 358 g/mol. The van der Waals surface area contributed by atoms with Gasteiger partial charge in [-0.15, -0.1) is 0 Å². The first kappa shape index (κ1) is 17.9. The third-order valence-electron chi connectivity index (χ3n) is 6.57. The average molecular weight is 358 g/mol. The first-order chi connectivity index (χ1) is 12.7. The van der Waals surface area contributed by atoms with Crippen LogP contribution in [0.3, 0.4) is 0 Å². The topological polar surface area (TPSA) is 58.6 Å². The molecule has 3 aliphatic rings. The van der Waals surface area contributed by atoms with E-state index in [0.29, 0.717) is 11.6 Å². The van der Waals surface area contributed by atoms with Crippen molar-refractivity contribution in [2.24, 2.45) is 11.8 Å². The van der Waals surface area contributed by atoms with Gasteiger partial charge < -0.3 is 9.64 Å². The molecule has 4 rings (SSSR count). The van der Waals surface area contributed by atoms with Gasteiger partial charge in [0.05, 0.1) is 11.7 Å². The van der Waals surface area contributed by atoms with Crippen molar-refractivity contribution in [1.82, 2.24) is 19.8 Å². The normalized spacial score (nSPS) is 26.2. The van der Waals surface area contributed by atoms with E-state index in [1.807, 2.05) is 4.90 Å². The lowest BCUT2D eigenvalue weighted by molar-refractivity contribution is -0.0772. The van der Waals surface area contributed by atoms with Crippen LogP contribution in [0, 0.1) is 11.8 Å². The third-order valence-corrected chi connectivity index (χ3v) is 6.57. The highest BCUT2D eigenvalue weighted by Gasteiger charge is 2.51. The molecule has 1 atom stereocenters. The van der Waals surface area contributed by atoms with Crippen molar-refractivity contribution >= 4 is 5.91 Å². The molecule has 3 heterocycles. The molecule has 6 heteroatoms. The van der Waals surface area contributed by atoms with Crippen LogP contribution in [-0.4, -0.2) is 71.1 Å². The number of piperidine rings is 1. The maximum Gasteiger partial charge on any atom is 0.274 e. The van der Waals surface area contributed by atoms with Gasteiger partial charge in [0.25, 0.3) is 5.91 Å². The highest BCUT2D eigenvalue weighted by Crippen LogP contribution is 2.39. The summed E-state index contributed by atoms with van der Waals surface area (Å²) < 4.78 is 6.08. The molecule has 2 aliphatic heterocycles. The molecule has 1 aromatic heterocycles. The Morgan fingerprint density at radius 3 is 2.69 bits per heavy atom. The van der Waals surface area contributed by atoms with Crippen molar-refractivity contribution < 1.29 is 9.53 Å². The summed E-state index contributed by atoms with van der Waals surface area (Å²) in [6.45, 7) is 4.49. The van der Waals surface area contributed by atoms with Gasteiger partial charge in [-0.05, 0) is 51.1 Å². The van der Waals surface area contributed by atoms with E-state index in [4.69, 9.17) is 4.74 Å². The maximum atomic E-state index is 12.5. The van der Waals surface area contributed by atoms with Crippen LogP contribution in [0.2, 0.25) is 0 Å². The number of carbonyl (C=O) groups excluding carboxylic acids is 1. The largest absolute Gasteiger partial charge is 0.381 e. The zero-order valence-corrected chi connectivity index (χ0v) is 15.8. The Labute approximate surface area is 155 Å². The first-order valence-corrected chi connectivity index (χ1v) is 10.0. The maximum absolute atomic E-state index is 12.5. The summed E-state index contributed by atoms with van der Waals surface area (Å²) in [6, 6.07) is 0. The minimum absolute atomic E-state index is 0.00303. The Hall–Kier alpha value is -1.53. The molecule has 1 aromatic rings. The van der Waals surface area contributed by atoms with Gasteiger partial charge in [-0.3, -0.25) is 14.7 Å². The number of hydrogen-bond acceptors (Lipinski definition) is 5. The van der Waals surface area contributed by atoms with Gasteiger partial charge in [-0.1, -0.05) is 12.8 Å². The van der Waals surface area contributed by atoms with Crippen LogP contribution in [0.25, 0.3) is 0 Å². The van der Waals surface area contributed by atoms with Crippen molar-refractivity contribution in [3.05, 3.63) is 24.3 Å². The van der Waals surface area contributed by atoms with Gasteiger partial charge in [-0.25, -0.2) is 4.98 Å². The van der Waals surface area contributed by atoms with Crippen LogP contribution in [0.5, 0.6) is 0 Å². The molecule has 2 saturated heterocycles. The number of ether oxygens (including phenoxy) is 1. The van der Waals surface area contributed by atoms with Crippen molar-refractivity contribution in [2.75, 3.05) is 39.9 Å². The van der Waals surface area contributed by atoms with E-state index in [1.165, 1.54) is 32.1 Å². The summed E-state index contributed by atoms with van der Waals surface area (Å²) in [5, 5.41) is 0. The van der Waals surface area contributed by atoms with E-state index in [-0.39, 0.29) is 11.4 Å². The summed E-state index contributed by atoms with van der Waals surface area (Å²) in [4.78, 5) is 25.0. The molecule has 0 bridgehead atoms. The Kier molecular flexibility index (Phi) is 5.23. The van der Waals surface area contributed by atoms with E-state index >= 15 is 0 Å². The van der Waals surface area contributed by atoms with Crippen LogP contribution in [0.15, 0.2) is 18.6 Å². The fraction of sp³-hybridized carbons (Fsp3) is 0.750. The van der Waals surface area contributed by atoms with E-state index in [2.05, 4.69) is 21.9 Å². The molecule has 1 spiro atoms. The smallest absolute Gasteiger partial charge is 0.274 e. The number of likely N-dealkylation sites (tertiary alicyclic amines) is 2. The quantitative estimate of drug-likeness (QED) is 0.808. The molecule has 142 valence electrons. The van der Waals surface area contributed by atoms with Crippen LogP contribution >= 0.6 is 0 Å². The summed E-state index contributed by atoms with van der Waals surface area (Å²) in [7, 11) is 2.19. The molecule has 0 aromatic carbocycles. The van der Waals surface area contributed by atoms with Crippen LogP contribution in [0.4, 0.5) is 0 Å². The number of likely N-dealkylation sites (N-methyl/N-ethyl adjacent to an activating group) is 1. The van der Waals surface area contributed by atoms with Gasteiger partial charge >= 0.3 is 0 Å². The molecule has 0 unspecified atom stereocenters. The van der Waals surface area contributed by atoms with Gasteiger partial charge in [0.15, 0.2) is 0 Å². The second-order valence-electron chi connectivity index (χ2n) is 8.44. The second kappa shape index (κ2) is 7.61. The molecule has 1 aliphatic carbocycles. The van der Waals surface area contributed by atoms with Crippen molar-refractivity contribution in [2.45, 2.75) is 44.1 Å². The first-order valence-electron chi connectivity index (χ1n) is 10.0. The Morgan fingerprint density at radius 2 is 1.96 bits per heavy atom. The minimum atomic E-state index is -0.00303. The number of hydrogen-bond donors (Lipinski definition) is 0. The Bertz CT molecular complexity index is 611. The Morgan fingerprint density at radius 1 is 1.19 bits per heavy atom. The predicted octanol–water partition coefficient (Wildman–Crippen LogP) is 2.22. The Balaban J connectivity index is 1.28. The van der Waals surface area contributed by atoms with Gasteiger partial charge in [0.1, 0.15) is 5.69 Å². The molecular formula is C20H30N4O2. The van der Waals surface area contributed by atoms with Crippen LogP contribution < -0.4 is 0 Å². The average Bonchev–Trinajstić information content (AvgIpc) is 3.15. The molecule has 0 radical (unpaired) electrons. The summed E-state index contributed by atoms with van der Waals surface area (Å²) in [5.41, 5.74) is 0.564. The lowest BCUT2D eigenvalue weighted by Gasteiger charge is -2.58. The zero-order chi connectivity index (χ0) is 18.0. The molecule has 1 amide bonds. The highest BCUT2D eigenvalue weighted by atomic mass is 16.5. The lowest BCUT2D eigenvalue weighted by atomic mass is 9.75. The summed E-state index contributed by atoms with van der Waals surface area (Å²) in [5.74, 6) is 1.40. The number of aromatic nitrogens is 2. The summed E-state index contributed by atoms with van der Waals surface area (Å²) in [6.07, 6.45) is 12.5. The van der Waals surface area contributed by atoms with E-state index in [9.17, 15) is 4.79 Å². The molecule has 26 heavy (non-hydrogen) atoms. The number of carbonyl (C=O) groups is 1. The zero-order valence-electron chi connectivity index (χ0n) is 15.8. The van der Waals surface area contributed by atoms with Crippen molar-refractivity contribution in [3.63, 3.8) is 0 Å². The van der Waals surface area contributed by atoms with E-state index < -0.39 is 0 Å². The lowest BCUT2D eigenvalue weighted by Crippen LogP contribution is -2.72. The van der Waals surface area contributed by atoms with Gasteiger partial charge in [0, 0.05) is 38.7 Å². The van der Waals surface area contributed by atoms with Crippen molar-refractivity contribution in [1.29, 1.82) is 0 Å². The molecule has 0 N–H and O–H groups in total. The van der Waals surface area contributed by atoms with Crippen LogP contribution in [0.1, 0.15) is 49.0 Å². The van der Waals surface area contributed by atoms with Gasteiger partial charge in [-0.2, -0.15) is 0 Å². The fourth-order valence-electron chi connectivity index (χ4n) is 4.88. The van der Waals surface area contributed by atoms with E-state index in [1.54, 1.807) is 18.6 Å². The molecule has 6 nitrogen and oxygen atoms in total. The minimum Gasteiger partial charge on any atom is -0.381 e. The molecule has 3 fully saturated rings. The number of nitrogens with zero attached hydrogens (tertiary/aromatic N) is 4. The number of amides is 1. The highest BCUT2D eigenvalue weighted by molar-refractivity contribution is 5.92. The van der Waals surface area contributed by atoms with Crippen molar-refractivity contribution in [3.8, 4) is 0 Å². The second-order valence-corrected chi connectivity index (χ2v) is 8.44. The van der Waals surface area contributed by atoms with Gasteiger partial charge in [0.2, 0.25) is 0 Å². The predicted molar refractivity (Wildman–Crippen MR) is 98.8 cm³/mol.